The Morgan fingerprint density at radius 3 is 2.44 bits per heavy atom. The van der Waals surface area contributed by atoms with Crippen molar-refractivity contribution < 1.29 is 46.9 Å². The van der Waals surface area contributed by atoms with Crippen LogP contribution < -0.4 is 20.1 Å². The molecule has 1 aliphatic heterocycles. The molecule has 4 atom stereocenters. The third-order valence-electron chi connectivity index (χ3n) is 8.11. The normalized spacial score (nSPS) is 20.1. The first kappa shape index (κ1) is 38.4. The van der Waals surface area contributed by atoms with Gasteiger partial charge in [-0.05, 0) is 75.6 Å². The first-order valence-electron chi connectivity index (χ1n) is 16.1. The molecule has 0 aliphatic carbocycles. The summed E-state index contributed by atoms with van der Waals surface area (Å²) in [5.41, 5.74) is 0.822. The van der Waals surface area contributed by atoms with Crippen molar-refractivity contribution >= 4 is 29.2 Å². The minimum Gasteiger partial charge on any atom is -0.497 e. The van der Waals surface area contributed by atoms with Crippen molar-refractivity contribution in [1.82, 2.24) is 9.80 Å². The van der Waals surface area contributed by atoms with Crippen LogP contribution in [0.4, 0.5) is 29.3 Å². The quantitative estimate of drug-likeness (QED) is 0.299. The van der Waals surface area contributed by atoms with Crippen LogP contribution in [0.2, 0.25) is 0 Å². The van der Waals surface area contributed by atoms with E-state index in [0.717, 1.165) is 12.8 Å². The van der Waals surface area contributed by atoms with Gasteiger partial charge in [-0.15, -0.1) is 0 Å². The number of likely N-dealkylation sites (N-methyl/N-ethyl adjacent to an activating group) is 1. The maximum absolute atomic E-state index is 14.2. The van der Waals surface area contributed by atoms with Crippen molar-refractivity contribution in [3.63, 3.8) is 0 Å². The number of halogens is 3. The highest BCUT2D eigenvalue weighted by molar-refractivity contribution is 5.99. The molecule has 2 aromatic carbocycles. The number of rotatable bonds is 9. The molecule has 3 rings (SSSR count). The van der Waals surface area contributed by atoms with Crippen LogP contribution in [0.25, 0.3) is 0 Å². The Kier molecular flexibility index (Phi) is 14.3. The molecule has 3 N–H and O–H groups in total. The van der Waals surface area contributed by atoms with E-state index in [9.17, 15) is 32.7 Å². The maximum Gasteiger partial charge on any atom is 0.389 e. The summed E-state index contributed by atoms with van der Waals surface area (Å²) in [6.45, 7) is 5.86. The van der Waals surface area contributed by atoms with Crippen molar-refractivity contribution in [3.05, 3.63) is 48.0 Å². The number of aliphatic hydroxyl groups is 1. The summed E-state index contributed by atoms with van der Waals surface area (Å²) in [5, 5.41) is 15.4. The van der Waals surface area contributed by atoms with Gasteiger partial charge in [-0.25, -0.2) is 4.79 Å². The number of fused-ring (bicyclic) bond motifs is 1. The van der Waals surface area contributed by atoms with E-state index in [-0.39, 0.29) is 54.7 Å². The standard InChI is InChI=1S/C34H47F3N4O7/c1-22-19-41(23(2)21-42)32(44)28-18-26(38-31(43)15-16-34(35,36)37)11-14-29(28)48-24(3)8-6-7-17-47-30(22)20-40(4)33(45)39-25-9-12-27(46-5)13-10-25/h9-14,18,22-24,30,42H,6-8,15-17,19-21H2,1-5H3,(H,38,43)(H,39,45)/t22-,23-,24-,30-/m1/s1. The van der Waals surface area contributed by atoms with Gasteiger partial charge in [0.25, 0.3) is 5.91 Å². The SMILES string of the molecule is COc1ccc(NC(=O)N(C)C[C@H]2OCCCC[C@@H](C)Oc3ccc(NC(=O)CCC(F)(F)F)cc3C(=O)N([C@H](C)CO)C[C@H]2C)cc1. The second kappa shape index (κ2) is 17.9. The minimum atomic E-state index is -4.48. The van der Waals surface area contributed by atoms with Gasteiger partial charge in [0.15, 0.2) is 0 Å². The number of hydrogen-bond acceptors (Lipinski definition) is 7. The maximum atomic E-state index is 14.2. The second-order valence-corrected chi connectivity index (χ2v) is 12.2. The lowest BCUT2D eigenvalue weighted by molar-refractivity contribution is -0.142. The number of amides is 4. The number of carbonyl (C=O) groups excluding carboxylic acids is 3. The molecule has 0 fully saturated rings. The zero-order valence-electron chi connectivity index (χ0n) is 28.1. The zero-order chi connectivity index (χ0) is 35.4. The van der Waals surface area contributed by atoms with Gasteiger partial charge in [0.05, 0.1) is 44.0 Å². The van der Waals surface area contributed by atoms with Crippen molar-refractivity contribution in [3.8, 4) is 11.5 Å². The van der Waals surface area contributed by atoms with E-state index in [2.05, 4.69) is 10.6 Å². The highest BCUT2D eigenvalue weighted by atomic mass is 19.4. The van der Waals surface area contributed by atoms with Gasteiger partial charge in [-0.2, -0.15) is 13.2 Å². The molecule has 1 aliphatic rings. The molecular formula is C34H47F3N4O7. The van der Waals surface area contributed by atoms with Gasteiger partial charge in [-0.1, -0.05) is 6.92 Å². The summed E-state index contributed by atoms with van der Waals surface area (Å²) in [4.78, 5) is 42.5. The van der Waals surface area contributed by atoms with E-state index in [1.54, 1.807) is 45.3 Å². The molecule has 266 valence electrons. The molecule has 0 bridgehead atoms. The predicted molar refractivity (Wildman–Crippen MR) is 175 cm³/mol. The summed E-state index contributed by atoms with van der Waals surface area (Å²) in [7, 11) is 3.21. The van der Waals surface area contributed by atoms with Crippen LogP contribution in [0.1, 0.15) is 63.2 Å². The van der Waals surface area contributed by atoms with E-state index < -0.39 is 43.0 Å². The number of aliphatic hydroxyl groups excluding tert-OH is 1. The molecule has 4 amide bonds. The summed E-state index contributed by atoms with van der Waals surface area (Å²) in [6, 6.07) is 10.3. The average Bonchev–Trinajstić information content (AvgIpc) is 3.05. The van der Waals surface area contributed by atoms with Gasteiger partial charge in [-0.3, -0.25) is 9.59 Å². The number of nitrogens with one attached hydrogen (secondary N) is 2. The first-order chi connectivity index (χ1) is 22.7. The Morgan fingerprint density at radius 1 is 1.10 bits per heavy atom. The van der Waals surface area contributed by atoms with Gasteiger partial charge in [0.1, 0.15) is 11.5 Å². The lowest BCUT2D eigenvalue weighted by Crippen LogP contribution is -2.48. The summed E-state index contributed by atoms with van der Waals surface area (Å²) in [6.07, 6.45) is -5.15. The van der Waals surface area contributed by atoms with Crippen LogP contribution in [0, 0.1) is 5.92 Å². The highest BCUT2D eigenvalue weighted by Gasteiger charge is 2.32. The van der Waals surface area contributed by atoms with Crippen LogP contribution in [-0.2, 0) is 9.53 Å². The van der Waals surface area contributed by atoms with Crippen LogP contribution in [0.3, 0.4) is 0 Å². The molecule has 0 radical (unpaired) electrons. The fraction of sp³-hybridized carbons (Fsp3) is 0.559. The molecule has 11 nitrogen and oxygen atoms in total. The van der Waals surface area contributed by atoms with Gasteiger partial charge < -0.3 is 39.8 Å². The average molecular weight is 681 g/mol. The third kappa shape index (κ3) is 11.9. The largest absolute Gasteiger partial charge is 0.497 e. The minimum absolute atomic E-state index is 0.0912. The molecule has 1 heterocycles. The molecule has 0 unspecified atom stereocenters. The van der Waals surface area contributed by atoms with E-state index >= 15 is 0 Å². The highest BCUT2D eigenvalue weighted by Crippen LogP contribution is 2.29. The molecule has 0 saturated carbocycles. The number of benzene rings is 2. The Labute approximate surface area is 279 Å². The fourth-order valence-electron chi connectivity index (χ4n) is 5.19. The second-order valence-electron chi connectivity index (χ2n) is 12.2. The molecular weight excluding hydrogens is 633 g/mol. The zero-order valence-corrected chi connectivity index (χ0v) is 28.1. The monoisotopic (exact) mass is 680 g/mol. The summed E-state index contributed by atoms with van der Waals surface area (Å²) >= 11 is 0. The molecule has 0 spiro atoms. The Balaban J connectivity index is 1.86. The van der Waals surface area contributed by atoms with Crippen LogP contribution in [0.15, 0.2) is 42.5 Å². The molecule has 0 aromatic heterocycles. The van der Waals surface area contributed by atoms with Crippen molar-refractivity contribution in [2.75, 3.05) is 51.1 Å². The van der Waals surface area contributed by atoms with Crippen LogP contribution in [0.5, 0.6) is 11.5 Å². The molecule has 48 heavy (non-hydrogen) atoms. The third-order valence-corrected chi connectivity index (χ3v) is 8.11. The van der Waals surface area contributed by atoms with E-state index in [1.807, 2.05) is 13.8 Å². The summed E-state index contributed by atoms with van der Waals surface area (Å²) in [5.74, 6) is -0.744. The lowest BCUT2D eigenvalue weighted by atomic mass is 10.0. The van der Waals surface area contributed by atoms with Gasteiger partial charge >= 0.3 is 12.2 Å². The first-order valence-corrected chi connectivity index (χ1v) is 16.1. The van der Waals surface area contributed by atoms with Gasteiger partial charge in [0.2, 0.25) is 5.91 Å². The van der Waals surface area contributed by atoms with Crippen LogP contribution >= 0.6 is 0 Å². The number of urea groups is 1. The van der Waals surface area contributed by atoms with E-state index in [1.165, 1.54) is 28.0 Å². The topological polar surface area (TPSA) is 130 Å². The number of methoxy groups -OCH3 is 1. The summed E-state index contributed by atoms with van der Waals surface area (Å²) < 4.78 is 55.6. The van der Waals surface area contributed by atoms with Gasteiger partial charge in [0, 0.05) is 50.5 Å². The Hall–Kier alpha value is -4.04. The lowest BCUT2D eigenvalue weighted by Gasteiger charge is -2.35. The number of hydrogen-bond donors (Lipinski definition) is 3. The van der Waals surface area contributed by atoms with E-state index in [4.69, 9.17) is 14.2 Å². The van der Waals surface area contributed by atoms with Crippen molar-refractivity contribution in [2.45, 2.75) is 77.3 Å². The van der Waals surface area contributed by atoms with Crippen molar-refractivity contribution in [1.29, 1.82) is 0 Å². The molecule has 0 saturated heterocycles. The predicted octanol–water partition coefficient (Wildman–Crippen LogP) is 5.94. The number of nitrogens with zero attached hydrogens (tertiary/aromatic N) is 2. The van der Waals surface area contributed by atoms with E-state index in [0.29, 0.717) is 24.5 Å². The molecule has 14 heteroatoms. The fourth-order valence-corrected chi connectivity index (χ4v) is 5.19. The Morgan fingerprint density at radius 2 is 1.79 bits per heavy atom. The Bertz CT molecular complexity index is 1360. The smallest absolute Gasteiger partial charge is 0.389 e. The number of ether oxygens (including phenoxy) is 3. The molecule has 2 aromatic rings. The number of alkyl halides is 3. The van der Waals surface area contributed by atoms with Crippen molar-refractivity contribution in [2.24, 2.45) is 5.92 Å². The number of anilines is 2. The number of carbonyl (C=O) groups is 3. The van der Waals surface area contributed by atoms with Crippen LogP contribution in [-0.4, -0.2) is 97.6 Å².